The molecule has 1 amide bonds. The van der Waals surface area contributed by atoms with E-state index in [1.807, 2.05) is 30.3 Å². The Hall–Kier alpha value is -2.85. The summed E-state index contributed by atoms with van der Waals surface area (Å²) in [4.78, 5) is 24.5. The second kappa shape index (κ2) is 9.74. The lowest BCUT2D eigenvalue weighted by Crippen LogP contribution is -2.20. The normalized spacial score (nSPS) is 10.1. The molecule has 0 aliphatic rings. The van der Waals surface area contributed by atoms with E-state index < -0.39 is 11.9 Å². The van der Waals surface area contributed by atoms with Crippen LogP contribution < -0.4 is 10.1 Å². The molecule has 0 atom stereocenters. The van der Waals surface area contributed by atoms with Crippen molar-refractivity contribution in [2.45, 2.75) is 33.6 Å². The van der Waals surface area contributed by atoms with Crippen molar-refractivity contribution in [2.24, 2.45) is 0 Å². The highest BCUT2D eigenvalue weighted by Crippen LogP contribution is 2.33. The van der Waals surface area contributed by atoms with Crippen molar-refractivity contribution in [2.75, 3.05) is 18.5 Å². The lowest BCUT2D eigenvalue weighted by molar-refractivity contribution is -0.118. The maximum atomic E-state index is 12.2. The number of hydrogen-bond donors (Lipinski definition) is 1. The van der Waals surface area contributed by atoms with Crippen molar-refractivity contribution in [3.8, 4) is 11.8 Å². The summed E-state index contributed by atoms with van der Waals surface area (Å²) in [5, 5.41) is 12.3. The summed E-state index contributed by atoms with van der Waals surface area (Å²) in [6.45, 7) is 5.53. The van der Waals surface area contributed by atoms with Crippen LogP contribution in [-0.4, -0.2) is 25.1 Å². The highest BCUT2D eigenvalue weighted by Gasteiger charge is 2.22. The molecule has 0 fully saturated rings. The maximum absolute atomic E-state index is 12.2. The Balaban J connectivity index is 2.01. The Morgan fingerprint density at radius 2 is 1.93 bits per heavy atom. The molecule has 0 saturated carbocycles. The number of esters is 1. The minimum atomic E-state index is -0.500. The summed E-state index contributed by atoms with van der Waals surface area (Å²) in [6.07, 6.45) is 2.07. The van der Waals surface area contributed by atoms with Crippen LogP contribution in [0, 0.1) is 18.3 Å². The van der Waals surface area contributed by atoms with Gasteiger partial charge in [0, 0.05) is 0 Å². The number of hydrogen-bond acceptors (Lipinski definition) is 6. The van der Waals surface area contributed by atoms with Gasteiger partial charge in [0.25, 0.3) is 5.91 Å². The molecule has 2 rings (SSSR count). The van der Waals surface area contributed by atoms with Crippen LogP contribution in [0.15, 0.2) is 24.3 Å². The third-order valence-electron chi connectivity index (χ3n) is 3.80. The summed E-state index contributed by atoms with van der Waals surface area (Å²) in [6, 6.07) is 9.62. The Kier molecular flexibility index (Phi) is 7.38. The molecule has 6 nitrogen and oxygen atoms in total. The first-order valence-electron chi connectivity index (χ1n) is 8.72. The van der Waals surface area contributed by atoms with Gasteiger partial charge >= 0.3 is 5.97 Å². The van der Waals surface area contributed by atoms with Crippen LogP contribution in [0.1, 0.15) is 46.6 Å². The van der Waals surface area contributed by atoms with Gasteiger partial charge in [-0.05, 0) is 43.5 Å². The van der Waals surface area contributed by atoms with Gasteiger partial charge in [0.15, 0.2) is 6.61 Å². The summed E-state index contributed by atoms with van der Waals surface area (Å²) in [5.74, 6) is -0.304. The smallest absolute Gasteiger partial charge is 0.348 e. The SMILES string of the molecule is CCCc1ccc(OCC(=O)Nc2sc(C(=O)OCC)c(C)c2C#N)cc1. The molecule has 0 aliphatic heterocycles. The number of amides is 1. The zero-order valence-electron chi connectivity index (χ0n) is 15.6. The third kappa shape index (κ3) is 5.31. The Morgan fingerprint density at radius 1 is 1.22 bits per heavy atom. The fourth-order valence-electron chi connectivity index (χ4n) is 2.48. The van der Waals surface area contributed by atoms with Crippen LogP contribution in [0.2, 0.25) is 0 Å². The van der Waals surface area contributed by atoms with Crippen LogP contribution >= 0.6 is 11.3 Å². The van der Waals surface area contributed by atoms with Crippen molar-refractivity contribution in [3.05, 3.63) is 45.8 Å². The highest BCUT2D eigenvalue weighted by molar-refractivity contribution is 7.18. The molecule has 2 aromatic rings. The minimum Gasteiger partial charge on any atom is -0.484 e. The lowest BCUT2D eigenvalue weighted by Gasteiger charge is -2.07. The first-order chi connectivity index (χ1) is 13.0. The van der Waals surface area contributed by atoms with E-state index in [2.05, 4.69) is 12.2 Å². The Bertz CT molecular complexity index is 850. The quantitative estimate of drug-likeness (QED) is 0.691. The van der Waals surface area contributed by atoms with Gasteiger partial charge in [0.05, 0.1) is 12.2 Å². The molecule has 1 aromatic carbocycles. The highest BCUT2D eigenvalue weighted by atomic mass is 32.1. The number of rotatable bonds is 8. The first kappa shape index (κ1) is 20.5. The number of nitrogens with zero attached hydrogens (tertiary/aromatic N) is 1. The zero-order valence-corrected chi connectivity index (χ0v) is 16.4. The monoisotopic (exact) mass is 386 g/mol. The molecule has 7 heteroatoms. The topological polar surface area (TPSA) is 88.4 Å². The van der Waals surface area contributed by atoms with Gasteiger partial charge in [-0.1, -0.05) is 25.5 Å². The lowest BCUT2D eigenvalue weighted by atomic mass is 10.1. The first-order valence-corrected chi connectivity index (χ1v) is 9.53. The van der Waals surface area contributed by atoms with Crippen LogP contribution in [0.25, 0.3) is 0 Å². The van der Waals surface area contributed by atoms with E-state index in [1.165, 1.54) is 5.56 Å². The minimum absolute atomic E-state index is 0.191. The molecule has 1 N–H and O–H groups in total. The van der Waals surface area contributed by atoms with Crippen molar-refractivity contribution >= 4 is 28.2 Å². The van der Waals surface area contributed by atoms with Gasteiger partial charge in [-0.15, -0.1) is 11.3 Å². The van der Waals surface area contributed by atoms with E-state index in [1.54, 1.807) is 13.8 Å². The maximum Gasteiger partial charge on any atom is 0.348 e. The predicted octanol–water partition coefficient (Wildman–Crippen LogP) is 4.07. The van der Waals surface area contributed by atoms with E-state index in [9.17, 15) is 14.9 Å². The summed E-state index contributed by atoms with van der Waals surface area (Å²) < 4.78 is 10.5. The fraction of sp³-hybridized carbons (Fsp3) is 0.350. The van der Waals surface area contributed by atoms with Crippen molar-refractivity contribution in [3.63, 3.8) is 0 Å². The summed E-state index contributed by atoms with van der Waals surface area (Å²) in [5.41, 5.74) is 1.98. The van der Waals surface area contributed by atoms with Crippen LogP contribution in [0.3, 0.4) is 0 Å². The molecule has 0 saturated heterocycles. The number of thiophene rings is 1. The molecular weight excluding hydrogens is 364 g/mol. The molecule has 27 heavy (non-hydrogen) atoms. The number of anilines is 1. The number of nitriles is 1. The second-order valence-corrected chi connectivity index (χ2v) is 6.84. The number of carbonyl (C=O) groups is 2. The molecular formula is C20H22N2O4S. The molecule has 0 spiro atoms. The van der Waals surface area contributed by atoms with E-state index in [4.69, 9.17) is 9.47 Å². The Labute approximate surface area is 162 Å². The second-order valence-electron chi connectivity index (χ2n) is 5.82. The van der Waals surface area contributed by atoms with E-state index >= 15 is 0 Å². The van der Waals surface area contributed by atoms with Crippen LogP contribution in [-0.2, 0) is 16.0 Å². The molecule has 0 bridgehead atoms. The molecule has 0 aliphatic carbocycles. The van der Waals surface area contributed by atoms with Crippen LogP contribution in [0.5, 0.6) is 5.75 Å². The van der Waals surface area contributed by atoms with Gasteiger partial charge in [-0.3, -0.25) is 4.79 Å². The predicted molar refractivity (Wildman–Crippen MR) is 104 cm³/mol. The van der Waals surface area contributed by atoms with Gasteiger partial charge in [-0.25, -0.2) is 4.79 Å². The van der Waals surface area contributed by atoms with E-state index in [0.717, 1.165) is 24.2 Å². The number of aryl methyl sites for hydroxylation is 1. The molecule has 1 aromatic heterocycles. The number of benzene rings is 1. The molecule has 0 unspecified atom stereocenters. The molecule has 142 valence electrons. The van der Waals surface area contributed by atoms with Crippen molar-refractivity contribution < 1.29 is 19.1 Å². The van der Waals surface area contributed by atoms with Gasteiger partial charge in [0.1, 0.15) is 21.7 Å². The van der Waals surface area contributed by atoms with Crippen LogP contribution in [0.4, 0.5) is 5.00 Å². The molecule has 0 radical (unpaired) electrons. The summed E-state index contributed by atoms with van der Waals surface area (Å²) in [7, 11) is 0. The number of ether oxygens (including phenoxy) is 2. The third-order valence-corrected chi connectivity index (χ3v) is 4.99. The standard InChI is InChI=1S/C20H22N2O4S/c1-4-6-14-7-9-15(10-8-14)26-12-17(23)22-19-16(11-21)13(3)18(27-19)20(24)25-5-2/h7-10H,4-6,12H2,1-3H3,(H,22,23). The average Bonchev–Trinajstić information content (AvgIpc) is 2.97. The number of nitrogens with one attached hydrogen (secondary N) is 1. The zero-order chi connectivity index (χ0) is 19.8. The fourth-order valence-corrected chi connectivity index (χ4v) is 3.55. The van der Waals surface area contributed by atoms with Gasteiger partial charge in [-0.2, -0.15) is 5.26 Å². The average molecular weight is 386 g/mol. The van der Waals surface area contributed by atoms with Crippen molar-refractivity contribution in [1.82, 2.24) is 0 Å². The van der Waals surface area contributed by atoms with Crippen molar-refractivity contribution in [1.29, 1.82) is 5.26 Å². The van der Waals surface area contributed by atoms with Gasteiger partial charge in [0.2, 0.25) is 0 Å². The van der Waals surface area contributed by atoms with E-state index in [-0.39, 0.29) is 18.8 Å². The Morgan fingerprint density at radius 3 is 2.52 bits per heavy atom. The largest absolute Gasteiger partial charge is 0.484 e. The number of carbonyl (C=O) groups excluding carboxylic acids is 2. The molecule has 1 heterocycles. The van der Waals surface area contributed by atoms with Gasteiger partial charge < -0.3 is 14.8 Å². The summed E-state index contributed by atoms with van der Waals surface area (Å²) >= 11 is 1.03. The van der Waals surface area contributed by atoms with E-state index in [0.29, 0.717) is 21.2 Å².